The van der Waals surface area contributed by atoms with E-state index in [0.29, 0.717) is 30.8 Å². The molecule has 7 nitrogen and oxygen atoms in total. The molecule has 1 amide bonds. The van der Waals surface area contributed by atoms with Gasteiger partial charge in [-0.15, -0.1) is 0 Å². The van der Waals surface area contributed by atoms with E-state index in [9.17, 15) is 9.59 Å². The van der Waals surface area contributed by atoms with E-state index in [0.717, 1.165) is 69.7 Å². The van der Waals surface area contributed by atoms with E-state index in [1.165, 1.54) is 89.9 Å². The summed E-state index contributed by atoms with van der Waals surface area (Å²) in [6.07, 6.45) is 25.5. The Labute approximate surface area is 279 Å². The number of ether oxygens (including phenoxy) is 2. The minimum atomic E-state index is -0.424. The third-order valence-electron chi connectivity index (χ3n) is 9.23. The van der Waals surface area contributed by atoms with Gasteiger partial charge in [0.15, 0.2) is 5.78 Å². The van der Waals surface area contributed by atoms with E-state index in [1.54, 1.807) is 6.07 Å². The molecular formula is C39H63N3O4. The summed E-state index contributed by atoms with van der Waals surface area (Å²) in [5.41, 5.74) is 2.65. The second-order valence-electron chi connectivity index (χ2n) is 13.1. The lowest BCUT2D eigenvalue weighted by atomic mass is 10.0. The Hall–Kier alpha value is -2.64. The molecule has 0 radical (unpaired) electrons. The molecule has 1 aromatic heterocycles. The molecule has 1 aromatic carbocycles. The van der Waals surface area contributed by atoms with Gasteiger partial charge in [-0.25, -0.2) is 4.79 Å². The van der Waals surface area contributed by atoms with Crippen LogP contribution in [0.2, 0.25) is 0 Å². The number of aromatic amines is 1. The number of aromatic nitrogens is 1. The van der Waals surface area contributed by atoms with Gasteiger partial charge in [0.1, 0.15) is 5.75 Å². The van der Waals surface area contributed by atoms with Crippen molar-refractivity contribution in [2.45, 2.75) is 135 Å². The Kier molecular flexibility index (Phi) is 20.2. The molecular weight excluding hydrogens is 574 g/mol. The first-order valence-electron chi connectivity index (χ1n) is 18.7. The van der Waals surface area contributed by atoms with E-state index < -0.39 is 6.09 Å². The number of aryl methyl sites for hydroxylation is 2. The zero-order chi connectivity index (χ0) is 32.5. The lowest BCUT2D eigenvalue weighted by Gasteiger charge is -2.26. The number of carbonyl (C=O) groups excluding carboxylic acids is 2. The molecule has 0 unspecified atom stereocenters. The lowest BCUT2D eigenvalue weighted by Crippen LogP contribution is -2.36. The summed E-state index contributed by atoms with van der Waals surface area (Å²) in [6.45, 7) is 7.51. The predicted molar refractivity (Wildman–Crippen MR) is 189 cm³/mol. The average Bonchev–Trinajstić information content (AvgIpc) is 3.55. The van der Waals surface area contributed by atoms with Crippen molar-refractivity contribution in [1.82, 2.24) is 15.2 Å². The number of rotatable bonds is 26. The van der Waals surface area contributed by atoms with Crippen molar-refractivity contribution < 1.29 is 19.1 Å². The van der Waals surface area contributed by atoms with Crippen LogP contribution in [0.1, 0.15) is 144 Å². The summed E-state index contributed by atoms with van der Waals surface area (Å²) in [7, 11) is 0. The third kappa shape index (κ3) is 16.3. The molecule has 1 fully saturated rings. The lowest BCUT2D eigenvalue weighted by molar-refractivity contribution is 0.0374. The third-order valence-corrected chi connectivity index (χ3v) is 9.23. The van der Waals surface area contributed by atoms with Crippen LogP contribution in [-0.2, 0) is 17.6 Å². The highest BCUT2D eigenvalue weighted by Gasteiger charge is 2.16. The first-order valence-corrected chi connectivity index (χ1v) is 18.7. The van der Waals surface area contributed by atoms with Crippen LogP contribution < -0.4 is 10.1 Å². The van der Waals surface area contributed by atoms with Crippen molar-refractivity contribution in [3.8, 4) is 5.75 Å². The van der Waals surface area contributed by atoms with Crippen molar-refractivity contribution in [3.63, 3.8) is 0 Å². The molecule has 3 rings (SSSR count). The van der Waals surface area contributed by atoms with Crippen LogP contribution in [-0.4, -0.2) is 61.2 Å². The number of nitrogens with zero attached hydrogens (tertiary/aromatic N) is 1. The van der Waals surface area contributed by atoms with Gasteiger partial charge in [-0.2, -0.15) is 0 Å². The Morgan fingerprint density at radius 3 is 2.02 bits per heavy atom. The standard InChI is InChI=1S/C39H63N3O4/c1-2-3-4-5-6-7-8-9-10-11-12-13-14-15-16-19-27-41-39(44)46-37-23-18-17-21-34(37)24-25-36(43)38-35(26-28-40-38)22-20-29-42-30-32-45-33-31-42/h17-18,21,23,26,28,40H,2-16,19-20,22,24-25,27,29-33H2,1H3,(H,41,44). The summed E-state index contributed by atoms with van der Waals surface area (Å²) < 4.78 is 11.1. The predicted octanol–water partition coefficient (Wildman–Crippen LogP) is 9.44. The van der Waals surface area contributed by atoms with Crippen LogP contribution in [0, 0.1) is 0 Å². The summed E-state index contributed by atoms with van der Waals surface area (Å²) >= 11 is 0. The fourth-order valence-corrected chi connectivity index (χ4v) is 6.37. The van der Waals surface area contributed by atoms with Gasteiger partial charge in [0.2, 0.25) is 0 Å². The Morgan fingerprint density at radius 1 is 0.761 bits per heavy atom. The van der Waals surface area contributed by atoms with Crippen molar-refractivity contribution >= 4 is 11.9 Å². The van der Waals surface area contributed by atoms with Gasteiger partial charge in [0.05, 0.1) is 18.9 Å². The van der Waals surface area contributed by atoms with Gasteiger partial charge >= 0.3 is 6.09 Å². The highest BCUT2D eigenvalue weighted by Crippen LogP contribution is 2.22. The van der Waals surface area contributed by atoms with Crippen LogP contribution in [0.4, 0.5) is 4.79 Å². The van der Waals surface area contributed by atoms with E-state index in [2.05, 4.69) is 22.1 Å². The highest BCUT2D eigenvalue weighted by molar-refractivity contribution is 5.96. The van der Waals surface area contributed by atoms with Crippen molar-refractivity contribution in [2.75, 3.05) is 39.4 Å². The quantitative estimate of drug-likeness (QED) is 0.0793. The Balaban J connectivity index is 1.21. The van der Waals surface area contributed by atoms with Crippen molar-refractivity contribution in [1.29, 1.82) is 0 Å². The molecule has 0 spiro atoms. The molecule has 258 valence electrons. The molecule has 0 atom stereocenters. The maximum atomic E-state index is 13.1. The molecule has 1 aliphatic heterocycles. The largest absolute Gasteiger partial charge is 0.412 e. The van der Waals surface area contributed by atoms with Crippen molar-refractivity contribution in [2.24, 2.45) is 0 Å². The molecule has 2 N–H and O–H groups in total. The first-order chi connectivity index (χ1) is 22.7. The van der Waals surface area contributed by atoms with Crippen LogP contribution >= 0.6 is 0 Å². The van der Waals surface area contributed by atoms with E-state index >= 15 is 0 Å². The normalized spacial score (nSPS) is 13.6. The molecule has 1 aliphatic rings. The maximum absolute atomic E-state index is 13.1. The number of hydrogen-bond donors (Lipinski definition) is 2. The smallest absolute Gasteiger partial charge is 0.410 e. The molecule has 7 heteroatoms. The number of ketones is 1. The minimum absolute atomic E-state index is 0.0918. The fraction of sp³-hybridized carbons (Fsp3) is 0.692. The van der Waals surface area contributed by atoms with Gasteiger partial charge in [-0.05, 0) is 55.5 Å². The maximum Gasteiger partial charge on any atom is 0.412 e. The number of para-hydroxylation sites is 1. The molecule has 0 saturated carbocycles. The average molecular weight is 638 g/mol. The molecule has 2 heterocycles. The number of unbranched alkanes of at least 4 members (excludes halogenated alkanes) is 15. The molecule has 1 saturated heterocycles. The Bertz CT molecular complexity index is 1080. The van der Waals surface area contributed by atoms with E-state index in [1.807, 2.05) is 30.5 Å². The molecule has 0 bridgehead atoms. The van der Waals surface area contributed by atoms with Crippen LogP contribution in [0.25, 0.3) is 0 Å². The summed E-state index contributed by atoms with van der Waals surface area (Å²) in [4.78, 5) is 31.2. The number of benzene rings is 1. The number of Topliss-reactive ketones (excluding diaryl/α,β-unsaturated/α-hetero) is 1. The second-order valence-corrected chi connectivity index (χ2v) is 13.1. The van der Waals surface area contributed by atoms with Gasteiger partial charge in [0, 0.05) is 32.3 Å². The molecule has 0 aliphatic carbocycles. The zero-order valence-corrected chi connectivity index (χ0v) is 28.9. The highest BCUT2D eigenvalue weighted by atomic mass is 16.6. The van der Waals surface area contributed by atoms with Crippen molar-refractivity contribution in [3.05, 3.63) is 53.3 Å². The molecule has 2 aromatic rings. The van der Waals surface area contributed by atoms with E-state index in [-0.39, 0.29) is 5.78 Å². The number of H-pyrrole nitrogens is 1. The van der Waals surface area contributed by atoms with Gasteiger partial charge in [0.25, 0.3) is 0 Å². The topological polar surface area (TPSA) is 83.7 Å². The zero-order valence-electron chi connectivity index (χ0n) is 28.9. The molecule has 46 heavy (non-hydrogen) atoms. The summed E-state index contributed by atoms with van der Waals surface area (Å²) in [5, 5.41) is 2.90. The first kappa shape index (κ1) is 37.8. The van der Waals surface area contributed by atoms with Crippen LogP contribution in [0.15, 0.2) is 36.5 Å². The SMILES string of the molecule is CCCCCCCCCCCCCCCCCCNC(=O)Oc1ccccc1CCC(=O)c1[nH]ccc1CCCN1CCOCC1. The van der Waals surface area contributed by atoms with Crippen LogP contribution in [0.5, 0.6) is 5.75 Å². The summed E-state index contributed by atoms with van der Waals surface area (Å²) in [6, 6.07) is 9.55. The Morgan fingerprint density at radius 2 is 1.37 bits per heavy atom. The number of carbonyl (C=O) groups is 2. The summed E-state index contributed by atoms with van der Waals surface area (Å²) in [5.74, 6) is 0.617. The fourth-order valence-electron chi connectivity index (χ4n) is 6.37. The number of amides is 1. The van der Waals surface area contributed by atoms with E-state index in [4.69, 9.17) is 9.47 Å². The van der Waals surface area contributed by atoms with Gasteiger partial charge < -0.3 is 19.8 Å². The number of morpholine rings is 1. The minimum Gasteiger partial charge on any atom is -0.410 e. The number of nitrogens with one attached hydrogen (secondary N) is 2. The van der Waals surface area contributed by atoms with Crippen LogP contribution in [0.3, 0.4) is 0 Å². The monoisotopic (exact) mass is 637 g/mol. The van der Waals surface area contributed by atoms with Gasteiger partial charge in [-0.1, -0.05) is 121 Å². The second kappa shape index (κ2) is 24.5. The number of hydrogen-bond acceptors (Lipinski definition) is 5. The van der Waals surface area contributed by atoms with Gasteiger partial charge in [-0.3, -0.25) is 9.69 Å².